The summed E-state index contributed by atoms with van der Waals surface area (Å²) in [6.45, 7) is 6.74. The van der Waals surface area contributed by atoms with Gasteiger partial charge in [-0.3, -0.25) is 0 Å². The fourth-order valence-electron chi connectivity index (χ4n) is 2.81. The van der Waals surface area contributed by atoms with Gasteiger partial charge in [0.25, 0.3) is 0 Å². The van der Waals surface area contributed by atoms with Crippen LogP contribution >= 0.6 is 0 Å². The Morgan fingerprint density at radius 2 is 1.65 bits per heavy atom. The summed E-state index contributed by atoms with van der Waals surface area (Å²) >= 11 is 0. The number of nitrogens with zero attached hydrogens (tertiary/aromatic N) is 1. The fourth-order valence-corrected chi connectivity index (χ4v) is 2.81. The Kier molecular flexibility index (Phi) is 2.79. The third kappa shape index (κ3) is 1.87. The topological polar surface area (TPSA) is 16.4 Å². The maximum absolute atomic E-state index is 6.14. The summed E-state index contributed by atoms with van der Waals surface area (Å²) in [6, 6.07) is 12.7. The number of hydrogen-bond donors (Lipinski definition) is 0. The number of benzene rings is 2. The van der Waals surface area contributed by atoms with E-state index in [0.717, 1.165) is 16.9 Å². The summed E-state index contributed by atoms with van der Waals surface area (Å²) in [5, 5.41) is 2.45. The van der Waals surface area contributed by atoms with Gasteiger partial charge in [-0.1, -0.05) is 45.0 Å². The van der Waals surface area contributed by atoms with Crippen molar-refractivity contribution in [3.8, 4) is 0 Å². The summed E-state index contributed by atoms with van der Waals surface area (Å²) in [6.07, 6.45) is 0. The third-order valence-corrected chi connectivity index (χ3v) is 3.79. The maximum atomic E-state index is 6.14. The Morgan fingerprint density at radius 1 is 0.950 bits per heavy atom. The van der Waals surface area contributed by atoms with Gasteiger partial charge in [-0.15, -0.1) is 0 Å². The van der Waals surface area contributed by atoms with Gasteiger partial charge >= 0.3 is 0 Å². The normalized spacial score (nSPS) is 12.2. The van der Waals surface area contributed by atoms with Gasteiger partial charge in [0, 0.05) is 24.9 Å². The first-order chi connectivity index (χ1) is 9.39. The van der Waals surface area contributed by atoms with E-state index in [1.165, 1.54) is 16.3 Å². The average molecular weight is 267 g/mol. The van der Waals surface area contributed by atoms with Crippen molar-refractivity contribution >= 4 is 27.6 Å². The van der Waals surface area contributed by atoms with Crippen LogP contribution < -0.4 is 4.90 Å². The van der Waals surface area contributed by atoms with Gasteiger partial charge in [0.15, 0.2) is 5.58 Å². The molecule has 0 unspecified atom stereocenters. The lowest BCUT2D eigenvalue weighted by molar-refractivity contribution is 0.594. The van der Waals surface area contributed by atoms with Gasteiger partial charge in [0.1, 0.15) is 5.58 Å². The summed E-state index contributed by atoms with van der Waals surface area (Å²) in [5.41, 5.74) is 4.51. The molecule has 0 aliphatic rings. The largest absolute Gasteiger partial charge is 0.454 e. The summed E-state index contributed by atoms with van der Waals surface area (Å²) in [4.78, 5) is 2.10. The molecule has 0 bridgehead atoms. The molecule has 0 saturated carbocycles. The molecule has 0 saturated heterocycles. The molecular formula is C18H21NO. The lowest BCUT2D eigenvalue weighted by atomic mass is 9.84. The minimum absolute atomic E-state index is 0.102. The van der Waals surface area contributed by atoms with E-state index in [1.807, 2.05) is 14.1 Å². The monoisotopic (exact) mass is 267 g/mol. The van der Waals surface area contributed by atoms with Gasteiger partial charge < -0.3 is 9.32 Å². The minimum atomic E-state index is 0.102. The van der Waals surface area contributed by atoms with Crippen LogP contribution in [0.15, 0.2) is 40.8 Å². The highest BCUT2D eigenvalue weighted by Gasteiger charge is 2.21. The highest BCUT2D eigenvalue weighted by atomic mass is 16.3. The molecule has 0 aliphatic carbocycles. The van der Waals surface area contributed by atoms with Crippen LogP contribution in [0, 0.1) is 0 Å². The molecular weight excluding hydrogens is 246 g/mol. The second-order valence-corrected chi connectivity index (χ2v) is 6.58. The predicted octanol–water partition coefficient (Wildman–Crippen LogP) is 4.95. The smallest absolute Gasteiger partial charge is 0.158 e. The summed E-state index contributed by atoms with van der Waals surface area (Å²) in [7, 11) is 4.10. The van der Waals surface area contributed by atoms with Crippen LogP contribution in [0.5, 0.6) is 0 Å². The first kappa shape index (κ1) is 13.0. The molecule has 104 valence electrons. The van der Waals surface area contributed by atoms with E-state index in [9.17, 15) is 0 Å². The molecule has 3 rings (SSSR count). The number of rotatable bonds is 1. The Morgan fingerprint density at radius 3 is 2.30 bits per heavy atom. The number of para-hydroxylation sites is 1. The Labute approximate surface area is 120 Å². The zero-order chi connectivity index (χ0) is 14.5. The summed E-state index contributed by atoms with van der Waals surface area (Å²) < 4.78 is 6.14. The molecule has 0 aliphatic heterocycles. The van der Waals surface area contributed by atoms with Crippen molar-refractivity contribution in [2.75, 3.05) is 19.0 Å². The van der Waals surface area contributed by atoms with E-state index in [-0.39, 0.29) is 5.41 Å². The number of furan rings is 1. The second kappa shape index (κ2) is 4.27. The van der Waals surface area contributed by atoms with Crippen LogP contribution in [0.4, 0.5) is 5.69 Å². The van der Waals surface area contributed by atoms with Crippen LogP contribution in [0.3, 0.4) is 0 Å². The zero-order valence-corrected chi connectivity index (χ0v) is 12.8. The van der Waals surface area contributed by atoms with Gasteiger partial charge in [-0.25, -0.2) is 0 Å². The molecule has 1 aromatic heterocycles. The molecule has 2 heteroatoms. The van der Waals surface area contributed by atoms with Crippen molar-refractivity contribution in [1.82, 2.24) is 0 Å². The zero-order valence-electron chi connectivity index (χ0n) is 12.8. The van der Waals surface area contributed by atoms with E-state index in [2.05, 4.69) is 62.1 Å². The predicted molar refractivity (Wildman–Crippen MR) is 86.7 cm³/mol. The number of anilines is 1. The Hall–Kier alpha value is -1.96. The van der Waals surface area contributed by atoms with E-state index in [4.69, 9.17) is 4.42 Å². The molecule has 2 aromatic carbocycles. The SMILES string of the molecule is CN(C)c1cccc2c1oc1cccc(C(C)(C)C)c12. The van der Waals surface area contributed by atoms with Crippen LogP contribution in [-0.4, -0.2) is 14.1 Å². The third-order valence-electron chi connectivity index (χ3n) is 3.79. The fraction of sp³-hybridized carbons (Fsp3) is 0.333. The van der Waals surface area contributed by atoms with Crippen LogP contribution in [-0.2, 0) is 5.41 Å². The Balaban J connectivity index is 2.48. The molecule has 0 atom stereocenters. The first-order valence-corrected chi connectivity index (χ1v) is 7.01. The lowest BCUT2D eigenvalue weighted by Crippen LogP contribution is -2.11. The van der Waals surface area contributed by atoms with Crippen molar-refractivity contribution in [2.45, 2.75) is 26.2 Å². The minimum Gasteiger partial charge on any atom is -0.454 e. The number of hydrogen-bond acceptors (Lipinski definition) is 2. The lowest BCUT2D eigenvalue weighted by Gasteiger charge is -2.20. The summed E-state index contributed by atoms with van der Waals surface area (Å²) in [5.74, 6) is 0. The molecule has 0 amide bonds. The Bertz CT molecular complexity index is 775. The highest BCUT2D eigenvalue weighted by Crippen LogP contribution is 2.39. The van der Waals surface area contributed by atoms with Crippen molar-refractivity contribution in [2.24, 2.45) is 0 Å². The van der Waals surface area contributed by atoms with Gasteiger partial charge in [-0.2, -0.15) is 0 Å². The molecule has 1 heterocycles. The van der Waals surface area contributed by atoms with E-state index < -0.39 is 0 Å². The standard InChI is InChI=1S/C18H21NO/c1-18(2,3)13-9-7-11-15-16(13)12-8-6-10-14(19(4)5)17(12)20-15/h6-11H,1-5H3. The van der Waals surface area contributed by atoms with Gasteiger partial charge in [-0.05, 0) is 23.1 Å². The van der Waals surface area contributed by atoms with E-state index >= 15 is 0 Å². The maximum Gasteiger partial charge on any atom is 0.158 e. The van der Waals surface area contributed by atoms with Gasteiger partial charge in [0.05, 0.1) is 5.69 Å². The van der Waals surface area contributed by atoms with Crippen molar-refractivity contribution in [3.63, 3.8) is 0 Å². The van der Waals surface area contributed by atoms with E-state index in [0.29, 0.717) is 0 Å². The molecule has 3 aromatic rings. The molecule has 0 fully saturated rings. The van der Waals surface area contributed by atoms with Crippen LogP contribution in [0.1, 0.15) is 26.3 Å². The molecule has 0 N–H and O–H groups in total. The average Bonchev–Trinajstić information content (AvgIpc) is 2.75. The second-order valence-electron chi connectivity index (χ2n) is 6.58. The van der Waals surface area contributed by atoms with Crippen molar-refractivity contribution in [3.05, 3.63) is 42.0 Å². The van der Waals surface area contributed by atoms with Crippen LogP contribution in [0.2, 0.25) is 0 Å². The molecule has 20 heavy (non-hydrogen) atoms. The molecule has 0 radical (unpaired) electrons. The van der Waals surface area contributed by atoms with Gasteiger partial charge in [0.2, 0.25) is 0 Å². The molecule has 0 spiro atoms. The van der Waals surface area contributed by atoms with E-state index in [1.54, 1.807) is 0 Å². The molecule has 2 nitrogen and oxygen atoms in total. The van der Waals surface area contributed by atoms with Crippen molar-refractivity contribution in [1.29, 1.82) is 0 Å². The van der Waals surface area contributed by atoms with Crippen LogP contribution in [0.25, 0.3) is 21.9 Å². The number of fused-ring (bicyclic) bond motifs is 3. The van der Waals surface area contributed by atoms with Crippen molar-refractivity contribution < 1.29 is 4.42 Å². The first-order valence-electron chi connectivity index (χ1n) is 7.01. The quantitative estimate of drug-likeness (QED) is 0.620. The highest BCUT2D eigenvalue weighted by molar-refractivity contribution is 6.10.